The normalized spacial score (nSPS) is 12.5. The molecule has 1 atom stereocenters. The van der Waals surface area contributed by atoms with Gasteiger partial charge in [-0.1, -0.05) is 12.1 Å². The third kappa shape index (κ3) is 2.12. The molecule has 4 nitrogen and oxygen atoms in total. The Morgan fingerprint density at radius 2 is 2.21 bits per heavy atom. The number of benzene rings is 1. The summed E-state index contributed by atoms with van der Waals surface area (Å²) < 4.78 is 0.505. The molecule has 0 aromatic heterocycles. The van der Waals surface area contributed by atoms with Gasteiger partial charge in [-0.3, -0.25) is 0 Å². The lowest BCUT2D eigenvalue weighted by atomic mass is 10.0. The zero-order valence-electron chi connectivity index (χ0n) is 7.40. The second-order valence-corrected chi connectivity index (χ2v) is 3.65. The van der Waals surface area contributed by atoms with Crippen molar-refractivity contribution in [3.05, 3.63) is 33.8 Å². The van der Waals surface area contributed by atoms with Crippen LogP contribution in [-0.4, -0.2) is 17.6 Å². The van der Waals surface area contributed by atoms with Gasteiger partial charge in [-0.15, -0.1) is 0 Å². The Morgan fingerprint density at radius 1 is 1.57 bits per heavy atom. The zero-order chi connectivity index (χ0) is 10.7. The zero-order valence-corrected chi connectivity index (χ0v) is 8.99. The van der Waals surface area contributed by atoms with Crippen molar-refractivity contribution < 1.29 is 9.90 Å². The fraction of sp³-hybridized carbons (Fsp3) is 0.222. The molecule has 5 heteroatoms. The van der Waals surface area contributed by atoms with Crippen LogP contribution in [0.1, 0.15) is 22.0 Å². The molecule has 0 aliphatic heterocycles. The Balaban J connectivity index is 3.20. The highest BCUT2D eigenvalue weighted by atomic mass is 79.9. The van der Waals surface area contributed by atoms with E-state index in [1.165, 1.54) is 6.07 Å². The molecule has 76 valence electrons. The molecule has 0 fully saturated rings. The minimum atomic E-state index is -0.983. The van der Waals surface area contributed by atoms with Crippen molar-refractivity contribution in [2.75, 3.05) is 6.54 Å². The molecule has 1 aromatic carbocycles. The van der Waals surface area contributed by atoms with Gasteiger partial charge in [0.2, 0.25) is 0 Å². The Hall–Kier alpha value is -0.910. The molecule has 0 spiro atoms. The predicted molar refractivity (Wildman–Crippen MR) is 57.1 cm³/mol. The quantitative estimate of drug-likeness (QED) is 0.758. The molecule has 14 heavy (non-hydrogen) atoms. The van der Waals surface area contributed by atoms with Crippen molar-refractivity contribution in [3.8, 4) is 0 Å². The second kappa shape index (κ2) is 4.54. The van der Waals surface area contributed by atoms with Crippen LogP contribution in [0.15, 0.2) is 22.7 Å². The first-order valence-corrected chi connectivity index (χ1v) is 4.84. The van der Waals surface area contributed by atoms with Crippen LogP contribution in [0.25, 0.3) is 0 Å². The summed E-state index contributed by atoms with van der Waals surface area (Å²) in [4.78, 5) is 10.8. The van der Waals surface area contributed by atoms with E-state index in [-0.39, 0.29) is 18.2 Å². The molecular formula is C9H11BrN2O2. The van der Waals surface area contributed by atoms with Crippen molar-refractivity contribution in [2.45, 2.75) is 6.04 Å². The minimum Gasteiger partial charge on any atom is -0.478 e. The summed E-state index contributed by atoms with van der Waals surface area (Å²) in [5, 5.41) is 8.84. The van der Waals surface area contributed by atoms with Crippen LogP contribution in [0, 0.1) is 0 Å². The number of aromatic carboxylic acids is 1. The number of carboxylic acid groups (broad SMARTS) is 1. The van der Waals surface area contributed by atoms with E-state index in [2.05, 4.69) is 15.9 Å². The number of carbonyl (C=O) groups is 1. The fourth-order valence-corrected chi connectivity index (χ4v) is 1.86. The van der Waals surface area contributed by atoms with E-state index in [1.807, 2.05) is 0 Å². The van der Waals surface area contributed by atoms with Crippen LogP contribution in [0.5, 0.6) is 0 Å². The largest absolute Gasteiger partial charge is 0.478 e. The van der Waals surface area contributed by atoms with Crippen molar-refractivity contribution in [1.82, 2.24) is 0 Å². The monoisotopic (exact) mass is 258 g/mol. The lowest BCUT2D eigenvalue weighted by Crippen LogP contribution is -2.21. The Bertz CT molecular complexity index is 355. The first kappa shape index (κ1) is 11.2. The van der Waals surface area contributed by atoms with Crippen LogP contribution in [0.4, 0.5) is 0 Å². The highest BCUT2D eigenvalue weighted by Gasteiger charge is 2.14. The van der Waals surface area contributed by atoms with E-state index in [0.29, 0.717) is 10.0 Å². The molecule has 0 bridgehead atoms. The van der Waals surface area contributed by atoms with Crippen LogP contribution in [-0.2, 0) is 0 Å². The van der Waals surface area contributed by atoms with Gasteiger partial charge in [0.05, 0.1) is 5.56 Å². The minimum absolute atomic E-state index is 0.200. The summed E-state index contributed by atoms with van der Waals surface area (Å²) in [6.45, 7) is 0.279. The van der Waals surface area contributed by atoms with Gasteiger partial charge in [0.25, 0.3) is 0 Å². The van der Waals surface area contributed by atoms with E-state index < -0.39 is 5.97 Å². The first-order chi connectivity index (χ1) is 6.57. The van der Waals surface area contributed by atoms with E-state index >= 15 is 0 Å². The predicted octanol–water partition coefficient (Wildman–Crippen LogP) is 1.11. The molecule has 1 rings (SSSR count). The molecule has 0 aliphatic rings. The molecule has 0 radical (unpaired) electrons. The number of halogens is 1. The van der Waals surface area contributed by atoms with Gasteiger partial charge < -0.3 is 16.6 Å². The number of hydrogen-bond donors (Lipinski definition) is 3. The summed E-state index contributed by atoms with van der Waals surface area (Å²) in [5.74, 6) is -0.983. The van der Waals surface area contributed by atoms with Gasteiger partial charge in [0, 0.05) is 17.1 Å². The average Bonchev–Trinajstić information content (AvgIpc) is 2.16. The van der Waals surface area contributed by atoms with Crippen LogP contribution >= 0.6 is 15.9 Å². The lowest BCUT2D eigenvalue weighted by molar-refractivity contribution is 0.0695. The third-order valence-corrected chi connectivity index (χ3v) is 2.80. The summed E-state index contributed by atoms with van der Waals surface area (Å²) in [5.41, 5.74) is 12.0. The SMILES string of the molecule is NCC(N)c1cccc(C(=O)O)c1Br. The van der Waals surface area contributed by atoms with Crippen molar-refractivity contribution in [3.63, 3.8) is 0 Å². The average molecular weight is 259 g/mol. The summed E-state index contributed by atoms with van der Waals surface area (Å²) in [6.07, 6.45) is 0. The van der Waals surface area contributed by atoms with Gasteiger partial charge in [0.1, 0.15) is 0 Å². The lowest BCUT2D eigenvalue weighted by Gasteiger charge is -2.12. The van der Waals surface area contributed by atoms with Crippen LogP contribution in [0.3, 0.4) is 0 Å². The first-order valence-electron chi connectivity index (χ1n) is 4.05. The maximum absolute atomic E-state index is 10.8. The molecule has 0 aliphatic carbocycles. The van der Waals surface area contributed by atoms with Crippen molar-refractivity contribution in [1.29, 1.82) is 0 Å². The Morgan fingerprint density at radius 3 is 2.71 bits per heavy atom. The molecule has 0 saturated heterocycles. The highest BCUT2D eigenvalue weighted by Crippen LogP contribution is 2.25. The van der Waals surface area contributed by atoms with Gasteiger partial charge in [-0.2, -0.15) is 0 Å². The molecule has 5 N–H and O–H groups in total. The van der Waals surface area contributed by atoms with Gasteiger partial charge >= 0.3 is 5.97 Å². The highest BCUT2D eigenvalue weighted by molar-refractivity contribution is 9.10. The number of rotatable bonds is 3. The molecule has 0 amide bonds. The second-order valence-electron chi connectivity index (χ2n) is 2.86. The van der Waals surface area contributed by atoms with Crippen LogP contribution < -0.4 is 11.5 Å². The standard InChI is InChI=1S/C9H11BrN2O2/c10-8-5(7(12)4-11)2-1-3-6(8)9(13)14/h1-3,7H,4,11-12H2,(H,13,14). The maximum atomic E-state index is 10.8. The van der Waals surface area contributed by atoms with E-state index in [4.69, 9.17) is 16.6 Å². The topological polar surface area (TPSA) is 89.3 Å². The van der Waals surface area contributed by atoms with E-state index in [0.717, 1.165) is 0 Å². The smallest absolute Gasteiger partial charge is 0.336 e. The molecule has 0 heterocycles. The van der Waals surface area contributed by atoms with Crippen molar-refractivity contribution >= 4 is 21.9 Å². The van der Waals surface area contributed by atoms with E-state index in [9.17, 15) is 4.79 Å². The van der Waals surface area contributed by atoms with Gasteiger partial charge in [0.15, 0.2) is 0 Å². The Kier molecular flexibility index (Phi) is 3.62. The summed E-state index contributed by atoms with van der Waals surface area (Å²) >= 11 is 3.21. The van der Waals surface area contributed by atoms with Crippen molar-refractivity contribution in [2.24, 2.45) is 11.5 Å². The molecule has 1 unspecified atom stereocenters. The summed E-state index contributed by atoms with van der Waals surface area (Å²) in [6, 6.07) is 4.58. The van der Waals surface area contributed by atoms with Gasteiger partial charge in [-0.05, 0) is 27.6 Å². The number of hydrogen-bond acceptors (Lipinski definition) is 3. The molecule has 0 saturated carbocycles. The molecular weight excluding hydrogens is 248 g/mol. The Labute approximate surface area is 90.0 Å². The van der Waals surface area contributed by atoms with Gasteiger partial charge in [-0.25, -0.2) is 4.79 Å². The van der Waals surface area contributed by atoms with Crippen LogP contribution in [0.2, 0.25) is 0 Å². The molecule has 1 aromatic rings. The van der Waals surface area contributed by atoms with E-state index in [1.54, 1.807) is 12.1 Å². The number of carboxylic acids is 1. The summed E-state index contributed by atoms with van der Waals surface area (Å²) in [7, 11) is 0. The third-order valence-electron chi connectivity index (χ3n) is 1.91. The number of nitrogens with two attached hydrogens (primary N) is 2. The maximum Gasteiger partial charge on any atom is 0.336 e. The fourth-order valence-electron chi connectivity index (χ4n) is 1.13.